The van der Waals surface area contributed by atoms with Crippen molar-refractivity contribution in [2.24, 2.45) is 0 Å². The van der Waals surface area contributed by atoms with E-state index >= 15 is 0 Å². The lowest BCUT2D eigenvalue weighted by Crippen LogP contribution is -2.14. The Morgan fingerprint density at radius 2 is 2.11 bits per heavy atom. The van der Waals surface area contributed by atoms with Crippen molar-refractivity contribution in [3.63, 3.8) is 0 Å². The lowest BCUT2D eigenvalue weighted by atomic mass is 10.0. The van der Waals surface area contributed by atoms with Gasteiger partial charge < -0.3 is 15.2 Å². The fourth-order valence-corrected chi connectivity index (χ4v) is 1.71. The minimum absolute atomic E-state index is 0.539. The van der Waals surface area contributed by atoms with Gasteiger partial charge in [0.25, 0.3) is 0 Å². The summed E-state index contributed by atoms with van der Waals surface area (Å²) in [4.78, 5) is 10.3. The number of hydrogen-bond donors (Lipinski definition) is 2. The second kappa shape index (κ2) is 6.81. The van der Waals surface area contributed by atoms with Crippen LogP contribution in [0.5, 0.6) is 5.75 Å². The number of nitrogens with one attached hydrogen (secondary N) is 1. The molecule has 18 heavy (non-hydrogen) atoms. The summed E-state index contributed by atoms with van der Waals surface area (Å²) in [5.41, 5.74) is 3.45. The summed E-state index contributed by atoms with van der Waals surface area (Å²) in [6, 6.07) is 4.10. The minimum Gasteiger partial charge on any atom is -0.496 e. The van der Waals surface area contributed by atoms with Crippen molar-refractivity contribution in [3.05, 3.63) is 41.0 Å². The standard InChI is InChI=1S/C14H19NO3/c1-10-8-13(18-3)11(2)7-12(10)9-15-6-4-5-14(16)17/h4-5,7-8,15H,6,9H2,1-3H3,(H,16,17)/b5-4+. The van der Waals surface area contributed by atoms with Crippen molar-refractivity contribution in [2.45, 2.75) is 20.4 Å². The maximum atomic E-state index is 10.3. The van der Waals surface area contributed by atoms with Gasteiger partial charge in [-0.05, 0) is 36.6 Å². The van der Waals surface area contributed by atoms with Gasteiger partial charge in [-0.1, -0.05) is 12.1 Å². The molecule has 2 N–H and O–H groups in total. The Balaban J connectivity index is 2.57. The van der Waals surface area contributed by atoms with Gasteiger partial charge in [-0.15, -0.1) is 0 Å². The highest BCUT2D eigenvalue weighted by atomic mass is 16.5. The summed E-state index contributed by atoms with van der Waals surface area (Å²) in [7, 11) is 1.66. The smallest absolute Gasteiger partial charge is 0.328 e. The molecule has 98 valence electrons. The Labute approximate surface area is 107 Å². The Morgan fingerprint density at radius 1 is 1.39 bits per heavy atom. The molecule has 1 rings (SSSR count). The molecular formula is C14H19NO3. The van der Waals surface area contributed by atoms with Crippen LogP contribution in [0.1, 0.15) is 16.7 Å². The number of carbonyl (C=O) groups is 1. The second-order valence-corrected chi connectivity index (χ2v) is 4.12. The molecule has 0 heterocycles. The molecule has 0 bridgehead atoms. The van der Waals surface area contributed by atoms with Crippen LogP contribution in [0.15, 0.2) is 24.3 Å². The average molecular weight is 249 g/mol. The van der Waals surface area contributed by atoms with Crippen LogP contribution in [0.25, 0.3) is 0 Å². The van der Waals surface area contributed by atoms with Crippen molar-refractivity contribution in [1.29, 1.82) is 0 Å². The number of methoxy groups -OCH3 is 1. The van der Waals surface area contributed by atoms with E-state index in [9.17, 15) is 4.79 Å². The quantitative estimate of drug-likeness (QED) is 0.598. The topological polar surface area (TPSA) is 58.6 Å². The van der Waals surface area contributed by atoms with Crippen LogP contribution in [0.3, 0.4) is 0 Å². The highest BCUT2D eigenvalue weighted by Crippen LogP contribution is 2.22. The van der Waals surface area contributed by atoms with E-state index < -0.39 is 5.97 Å². The zero-order valence-corrected chi connectivity index (χ0v) is 11.0. The fourth-order valence-electron chi connectivity index (χ4n) is 1.71. The van der Waals surface area contributed by atoms with Crippen molar-refractivity contribution in [3.8, 4) is 5.75 Å². The molecule has 0 aliphatic carbocycles. The molecule has 0 radical (unpaired) electrons. The number of aryl methyl sites for hydroxylation is 2. The van der Waals surface area contributed by atoms with Crippen molar-refractivity contribution < 1.29 is 14.6 Å². The van der Waals surface area contributed by atoms with E-state index in [1.54, 1.807) is 13.2 Å². The molecule has 0 amide bonds. The van der Waals surface area contributed by atoms with Crippen LogP contribution < -0.4 is 10.1 Å². The van der Waals surface area contributed by atoms with E-state index in [0.717, 1.165) is 23.0 Å². The molecular weight excluding hydrogens is 230 g/mol. The molecule has 0 fully saturated rings. The summed E-state index contributed by atoms with van der Waals surface area (Å²) in [5.74, 6) is -0.0321. The van der Waals surface area contributed by atoms with Crippen LogP contribution in [0.2, 0.25) is 0 Å². The summed E-state index contributed by atoms with van der Waals surface area (Å²) in [5, 5.41) is 11.6. The first-order chi connectivity index (χ1) is 8.54. The second-order valence-electron chi connectivity index (χ2n) is 4.12. The van der Waals surface area contributed by atoms with Gasteiger partial charge >= 0.3 is 5.97 Å². The lowest BCUT2D eigenvalue weighted by molar-refractivity contribution is -0.131. The Bertz CT molecular complexity index is 453. The molecule has 4 nitrogen and oxygen atoms in total. The third-order valence-corrected chi connectivity index (χ3v) is 2.69. The van der Waals surface area contributed by atoms with E-state index in [1.807, 2.05) is 19.9 Å². The predicted molar refractivity (Wildman–Crippen MR) is 71.0 cm³/mol. The lowest BCUT2D eigenvalue weighted by Gasteiger charge is -2.11. The number of rotatable bonds is 6. The van der Waals surface area contributed by atoms with Crippen LogP contribution in [-0.4, -0.2) is 24.7 Å². The van der Waals surface area contributed by atoms with E-state index in [2.05, 4.69) is 11.4 Å². The van der Waals surface area contributed by atoms with Gasteiger partial charge in [0, 0.05) is 19.2 Å². The van der Waals surface area contributed by atoms with Gasteiger partial charge in [0.2, 0.25) is 0 Å². The largest absolute Gasteiger partial charge is 0.496 e. The van der Waals surface area contributed by atoms with Gasteiger partial charge in [-0.25, -0.2) is 4.79 Å². The molecule has 1 aromatic rings. The van der Waals surface area contributed by atoms with Gasteiger partial charge in [-0.3, -0.25) is 0 Å². The molecule has 0 aliphatic heterocycles. The summed E-state index contributed by atoms with van der Waals surface area (Å²) in [6.07, 6.45) is 2.73. The minimum atomic E-state index is -0.923. The number of hydrogen-bond acceptors (Lipinski definition) is 3. The monoisotopic (exact) mass is 249 g/mol. The molecule has 0 spiro atoms. The third kappa shape index (κ3) is 4.22. The third-order valence-electron chi connectivity index (χ3n) is 2.69. The first kappa shape index (κ1) is 14.3. The normalized spacial score (nSPS) is 10.8. The first-order valence-corrected chi connectivity index (χ1v) is 5.79. The fraction of sp³-hybridized carbons (Fsp3) is 0.357. The Morgan fingerprint density at radius 3 is 2.72 bits per heavy atom. The van der Waals surface area contributed by atoms with Crippen LogP contribution in [-0.2, 0) is 11.3 Å². The molecule has 1 aromatic carbocycles. The first-order valence-electron chi connectivity index (χ1n) is 5.79. The van der Waals surface area contributed by atoms with E-state index in [4.69, 9.17) is 9.84 Å². The maximum absolute atomic E-state index is 10.3. The number of benzene rings is 1. The van der Waals surface area contributed by atoms with Crippen LogP contribution >= 0.6 is 0 Å². The van der Waals surface area contributed by atoms with Gasteiger partial charge in [0.1, 0.15) is 5.75 Å². The molecule has 0 saturated carbocycles. The summed E-state index contributed by atoms with van der Waals surface area (Å²) >= 11 is 0. The van der Waals surface area contributed by atoms with Crippen molar-refractivity contribution >= 4 is 5.97 Å². The van der Waals surface area contributed by atoms with Crippen molar-refractivity contribution in [1.82, 2.24) is 5.32 Å². The SMILES string of the molecule is COc1cc(C)c(CNC/C=C/C(=O)O)cc1C. The number of aliphatic carboxylic acids is 1. The van der Waals surface area contributed by atoms with E-state index in [0.29, 0.717) is 13.1 Å². The van der Waals surface area contributed by atoms with Crippen molar-refractivity contribution in [2.75, 3.05) is 13.7 Å². The van der Waals surface area contributed by atoms with Crippen LogP contribution in [0.4, 0.5) is 0 Å². The Kier molecular flexibility index (Phi) is 5.39. The molecule has 0 aromatic heterocycles. The van der Waals surface area contributed by atoms with Gasteiger partial charge in [0.15, 0.2) is 0 Å². The van der Waals surface area contributed by atoms with Gasteiger partial charge in [0.05, 0.1) is 7.11 Å². The molecule has 0 aliphatic rings. The Hall–Kier alpha value is -1.81. The average Bonchev–Trinajstić information content (AvgIpc) is 2.32. The van der Waals surface area contributed by atoms with Gasteiger partial charge in [-0.2, -0.15) is 0 Å². The highest BCUT2D eigenvalue weighted by Gasteiger charge is 2.04. The molecule has 0 saturated heterocycles. The summed E-state index contributed by atoms with van der Waals surface area (Å²) < 4.78 is 5.25. The molecule has 4 heteroatoms. The maximum Gasteiger partial charge on any atom is 0.328 e. The number of carboxylic acids is 1. The number of carboxylic acid groups (broad SMARTS) is 1. The van der Waals surface area contributed by atoms with E-state index in [1.165, 1.54) is 5.56 Å². The molecule has 0 atom stereocenters. The zero-order valence-electron chi connectivity index (χ0n) is 11.0. The van der Waals surface area contributed by atoms with E-state index in [-0.39, 0.29) is 0 Å². The molecule has 0 unspecified atom stereocenters. The number of ether oxygens (including phenoxy) is 1. The zero-order chi connectivity index (χ0) is 13.5. The summed E-state index contributed by atoms with van der Waals surface area (Å²) in [6.45, 7) is 5.29. The highest BCUT2D eigenvalue weighted by molar-refractivity contribution is 5.79. The predicted octanol–water partition coefficient (Wildman–Crippen LogP) is 2.04. The van der Waals surface area contributed by atoms with Crippen LogP contribution in [0, 0.1) is 13.8 Å².